The minimum atomic E-state index is -0.854. The minimum Gasteiger partial charge on any atom is -0.465 e. The second kappa shape index (κ2) is 4.14. The predicted molar refractivity (Wildman–Crippen MR) is 61.3 cm³/mol. The fourth-order valence-electron chi connectivity index (χ4n) is 2.30. The summed E-state index contributed by atoms with van der Waals surface area (Å²) in [5.74, 6) is 0. The molecule has 4 nitrogen and oxygen atoms in total. The normalized spacial score (nSPS) is 19.7. The zero-order chi connectivity index (χ0) is 11.7. The Morgan fingerprint density at radius 1 is 1.44 bits per heavy atom. The van der Waals surface area contributed by atoms with Crippen LogP contribution in [0.5, 0.6) is 0 Å². The van der Waals surface area contributed by atoms with Gasteiger partial charge in [0, 0.05) is 6.54 Å². The van der Waals surface area contributed by atoms with Crippen molar-refractivity contribution in [3.63, 3.8) is 0 Å². The molecule has 1 atom stereocenters. The highest BCUT2D eigenvalue weighted by atomic mass is 16.4. The molecule has 0 radical (unpaired) electrons. The summed E-state index contributed by atoms with van der Waals surface area (Å²) < 4.78 is 0. The summed E-state index contributed by atoms with van der Waals surface area (Å²) in [6.07, 6.45) is -0.219. The van der Waals surface area contributed by atoms with E-state index in [-0.39, 0.29) is 6.17 Å². The molecule has 86 valence electrons. The summed E-state index contributed by atoms with van der Waals surface area (Å²) in [6, 6.07) is 8.04. The molecule has 0 spiro atoms. The van der Waals surface area contributed by atoms with Gasteiger partial charge in [-0.15, -0.1) is 0 Å². The Morgan fingerprint density at radius 3 is 2.75 bits per heavy atom. The Labute approximate surface area is 95.1 Å². The quantitative estimate of drug-likeness (QED) is 0.784. The van der Waals surface area contributed by atoms with Gasteiger partial charge in [-0.2, -0.15) is 0 Å². The van der Waals surface area contributed by atoms with E-state index in [4.69, 9.17) is 0 Å². The van der Waals surface area contributed by atoms with Gasteiger partial charge in [-0.25, -0.2) is 4.79 Å². The Morgan fingerprint density at radius 2 is 2.12 bits per heavy atom. The van der Waals surface area contributed by atoms with Crippen LogP contribution in [0.3, 0.4) is 0 Å². The van der Waals surface area contributed by atoms with Crippen LogP contribution in [0.15, 0.2) is 24.3 Å². The average Bonchev–Trinajstić information content (AvgIpc) is 2.27. The molecule has 0 saturated carbocycles. The molecular formula is C12H16N2O2. The van der Waals surface area contributed by atoms with Gasteiger partial charge in [0.05, 0.1) is 0 Å². The molecule has 1 unspecified atom stereocenters. The van der Waals surface area contributed by atoms with Crippen LogP contribution < -0.4 is 0 Å². The summed E-state index contributed by atoms with van der Waals surface area (Å²) in [6.45, 7) is 0.565. The maximum atomic E-state index is 11.2. The van der Waals surface area contributed by atoms with E-state index in [1.807, 2.05) is 37.2 Å². The molecule has 1 N–H and O–H groups in total. The van der Waals surface area contributed by atoms with Crippen molar-refractivity contribution in [2.45, 2.75) is 12.6 Å². The van der Waals surface area contributed by atoms with Gasteiger partial charge in [0.1, 0.15) is 6.17 Å². The lowest BCUT2D eigenvalue weighted by Gasteiger charge is -2.39. The van der Waals surface area contributed by atoms with Crippen molar-refractivity contribution < 1.29 is 9.90 Å². The topological polar surface area (TPSA) is 43.8 Å². The number of nitrogens with zero attached hydrogens (tertiary/aromatic N) is 2. The molecule has 0 fully saturated rings. The third-order valence-electron chi connectivity index (χ3n) is 2.99. The predicted octanol–water partition coefficient (Wildman–Crippen LogP) is 1.78. The van der Waals surface area contributed by atoms with E-state index in [9.17, 15) is 9.90 Å². The lowest BCUT2D eigenvalue weighted by molar-refractivity contribution is 0.0630. The van der Waals surface area contributed by atoms with Gasteiger partial charge < -0.3 is 5.11 Å². The van der Waals surface area contributed by atoms with Crippen LogP contribution in [0.25, 0.3) is 0 Å². The van der Waals surface area contributed by atoms with E-state index in [2.05, 4.69) is 6.07 Å². The number of carboxylic acid groups (broad SMARTS) is 1. The van der Waals surface area contributed by atoms with Crippen LogP contribution in [0.4, 0.5) is 4.79 Å². The first-order valence-corrected chi connectivity index (χ1v) is 5.35. The molecule has 0 aromatic heterocycles. The first-order chi connectivity index (χ1) is 7.61. The highest BCUT2D eigenvalue weighted by Crippen LogP contribution is 2.30. The first kappa shape index (κ1) is 11.0. The standard InChI is InChI=1S/C12H16N2O2/c1-13(2)11-10-6-4-3-5-9(10)7-8-14(11)12(15)16/h3-6,11H,7-8H2,1-2H3,(H,15,16). The highest BCUT2D eigenvalue weighted by molar-refractivity contribution is 5.66. The molecule has 16 heavy (non-hydrogen) atoms. The van der Waals surface area contributed by atoms with E-state index in [1.54, 1.807) is 0 Å². The van der Waals surface area contributed by atoms with E-state index >= 15 is 0 Å². The largest absolute Gasteiger partial charge is 0.465 e. The van der Waals surface area contributed by atoms with Crippen molar-refractivity contribution in [2.24, 2.45) is 0 Å². The van der Waals surface area contributed by atoms with Crippen molar-refractivity contribution in [1.29, 1.82) is 0 Å². The lowest BCUT2D eigenvalue weighted by Crippen LogP contribution is -2.45. The van der Waals surface area contributed by atoms with Crippen molar-refractivity contribution in [1.82, 2.24) is 9.80 Å². The summed E-state index contributed by atoms with van der Waals surface area (Å²) in [5.41, 5.74) is 2.35. The number of hydrogen-bond donors (Lipinski definition) is 1. The molecule has 2 rings (SSSR count). The molecule has 1 aliphatic heterocycles. The van der Waals surface area contributed by atoms with Crippen molar-refractivity contribution in [2.75, 3.05) is 20.6 Å². The second-order valence-corrected chi connectivity index (χ2v) is 4.26. The van der Waals surface area contributed by atoms with Crippen molar-refractivity contribution in [3.05, 3.63) is 35.4 Å². The fraction of sp³-hybridized carbons (Fsp3) is 0.417. The molecule has 1 aromatic carbocycles. The van der Waals surface area contributed by atoms with Gasteiger partial charge in [0.2, 0.25) is 0 Å². The number of benzene rings is 1. The highest BCUT2D eigenvalue weighted by Gasteiger charge is 2.31. The van der Waals surface area contributed by atoms with Crippen molar-refractivity contribution >= 4 is 6.09 Å². The van der Waals surface area contributed by atoms with Crippen LogP contribution in [-0.4, -0.2) is 41.6 Å². The van der Waals surface area contributed by atoms with E-state index in [1.165, 1.54) is 10.5 Å². The van der Waals surface area contributed by atoms with Crippen LogP contribution in [0.2, 0.25) is 0 Å². The summed E-state index contributed by atoms with van der Waals surface area (Å²) >= 11 is 0. The molecule has 0 aliphatic carbocycles. The summed E-state index contributed by atoms with van der Waals surface area (Å²) in [5, 5.41) is 9.18. The summed E-state index contributed by atoms with van der Waals surface area (Å²) in [7, 11) is 3.81. The molecule has 0 bridgehead atoms. The van der Waals surface area contributed by atoms with Gasteiger partial charge >= 0.3 is 6.09 Å². The number of hydrogen-bond acceptors (Lipinski definition) is 2. The van der Waals surface area contributed by atoms with Crippen LogP contribution in [0, 0.1) is 0 Å². The maximum Gasteiger partial charge on any atom is 0.408 e. The molecule has 1 aliphatic rings. The lowest BCUT2D eigenvalue weighted by atomic mass is 9.97. The van der Waals surface area contributed by atoms with E-state index < -0.39 is 6.09 Å². The number of fused-ring (bicyclic) bond motifs is 1. The van der Waals surface area contributed by atoms with Crippen LogP contribution in [-0.2, 0) is 6.42 Å². The van der Waals surface area contributed by atoms with Crippen molar-refractivity contribution in [3.8, 4) is 0 Å². The third-order valence-corrected chi connectivity index (χ3v) is 2.99. The first-order valence-electron chi connectivity index (χ1n) is 5.35. The van der Waals surface area contributed by atoms with Gasteiger partial charge in [-0.05, 0) is 31.6 Å². The zero-order valence-corrected chi connectivity index (χ0v) is 9.55. The minimum absolute atomic E-state index is 0.164. The Bertz CT molecular complexity index is 404. The SMILES string of the molecule is CN(C)C1c2ccccc2CCN1C(=O)O. The molecule has 1 aromatic rings. The Balaban J connectivity index is 2.43. The fourth-order valence-corrected chi connectivity index (χ4v) is 2.30. The summed E-state index contributed by atoms with van der Waals surface area (Å²) in [4.78, 5) is 14.6. The molecular weight excluding hydrogens is 204 g/mol. The Kier molecular flexibility index (Phi) is 2.83. The van der Waals surface area contributed by atoms with Gasteiger partial charge in [-0.1, -0.05) is 24.3 Å². The van der Waals surface area contributed by atoms with E-state index in [0.717, 1.165) is 12.0 Å². The maximum absolute atomic E-state index is 11.2. The second-order valence-electron chi connectivity index (χ2n) is 4.26. The Hall–Kier alpha value is -1.55. The zero-order valence-electron chi connectivity index (χ0n) is 9.55. The molecule has 4 heteroatoms. The van der Waals surface area contributed by atoms with Crippen LogP contribution in [0.1, 0.15) is 17.3 Å². The van der Waals surface area contributed by atoms with Gasteiger partial charge in [0.25, 0.3) is 0 Å². The number of rotatable bonds is 1. The number of carbonyl (C=O) groups is 1. The third kappa shape index (κ3) is 1.76. The van der Waals surface area contributed by atoms with Gasteiger partial charge in [0.15, 0.2) is 0 Å². The molecule has 1 heterocycles. The number of amides is 1. The van der Waals surface area contributed by atoms with E-state index in [0.29, 0.717) is 6.54 Å². The molecule has 0 saturated heterocycles. The average molecular weight is 220 g/mol. The van der Waals surface area contributed by atoms with Gasteiger partial charge in [-0.3, -0.25) is 9.80 Å². The van der Waals surface area contributed by atoms with Crippen LogP contribution >= 0.6 is 0 Å². The molecule has 1 amide bonds. The smallest absolute Gasteiger partial charge is 0.408 e. The monoisotopic (exact) mass is 220 g/mol.